The number of benzene rings is 1. The van der Waals surface area contributed by atoms with Gasteiger partial charge in [0, 0.05) is 5.92 Å². The lowest BCUT2D eigenvalue weighted by atomic mass is 9.93. The van der Waals surface area contributed by atoms with Crippen LogP contribution in [0.15, 0.2) is 18.2 Å². The predicted molar refractivity (Wildman–Crippen MR) is 84.4 cm³/mol. The van der Waals surface area contributed by atoms with Gasteiger partial charge in [0.1, 0.15) is 0 Å². The highest BCUT2D eigenvalue weighted by Crippen LogP contribution is 2.24. The van der Waals surface area contributed by atoms with Gasteiger partial charge in [0.15, 0.2) is 0 Å². The highest BCUT2D eigenvalue weighted by Gasteiger charge is 2.24. The van der Waals surface area contributed by atoms with Gasteiger partial charge in [-0.3, -0.25) is 9.59 Å². The standard InChI is InChI=1S/C16H22ClNO3/c1-5-12(16(20)21-4)9-11(3)15(19)18-14-7-6-10(2)8-13(14)17/h6-8,11-12H,5,9H2,1-4H3,(H,18,19). The van der Waals surface area contributed by atoms with Gasteiger partial charge in [-0.1, -0.05) is 31.5 Å². The van der Waals surface area contributed by atoms with Gasteiger partial charge in [-0.2, -0.15) is 0 Å². The number of methoxy groups -OCH3 is 1. The van der Waals surface area contributed by atoms with Gasteiger partial charge in [-0.25, -0.2) is 0 Å². The van der Waals surface area contributed by atoms with Crippen LogP contribution in [0, 0.1) is 18.8 Å². The molecular formula is C16H22ClNO3. The van der Waals surface area contributed by atoms with Crippen molar-refractivity contribution in [2.75, 3.05) is 12.4 Å². The first-order valence-electron chi connectivity index (χ1n) is 7.03. The average Bonchev–Trinajstić information content (AvgIpc) is 2.46. The highest BCUT2D eigenvalue weighted by molar-refractivity contribution is 6.33. The maximum absolute atomic E-state index is 12.2. The fraction of sp³-hybridized carbons (Fsp3) is 0.500. The predicted octanol–water partition coefficient (Wildman–Crippen LogP) is 3.81. The first-order valence-corrected chi connectivity index (χ1v) is 7.41. The van der Waals surface area contributed by atoms with Crippen molar-refractivity contribution in [3.63, 3.8) is 0 Å². The summed E-state index contributed by atoms with van der Waals surface area (Å²) in [5.41, 5.74) is 1.62. The first kappa shape index (κ1) is 17.5. The molecule has 21 heavy (non-hydrogen) atoms. The Balaban J connectivity index is 2.68. The minimum atomic E-state index is -0.300. The molecule has 4 nitrogen and oxygen atoms in total. The number of rotatable bonds is 6. The van der Waals surface area contributed by atoms with E-state index in [-0.39, 0.29) is 23.7 Å². The maximum atomic E-state index is 12.2. The lowest BCUT2D eigenvalue weighted by molar-refractivity contribution is -0.146. The number of ether oxygens (including phenoxy) is 1. The lowest BCUT2D eigenvalue weighted by Gasteiger charge is -2.18. The van der Waals surface area contributed by atoms with E-state index in [1.807, 2.05) is 19.9 Å². The summed E-state index contributed by atoms with van der Waals surface area (Å²) < 4.78 is 4.74. The fourth-order valence-corrected chi connectivity index (χ4v) is 2.39. The first-order chi connectivity index (χ1) is 9.88. The highest BCUT2D eigenvalue weighted by atomic mass is 35.5. The van der Waals surface area contributed by atoms with Crippen LogP contribution in [-0.4, -0.2) is 19.0 Å². The molecule has 0 aromatic heterocycles. The van der Waals surface area contributed by atoms with Crippen molar-refractivity contribution in [1.82, 2.24) is 0 Å². The van der Waals surface area contributed by atoms with Crippen LogP contribution in [0.2, 0.25) is 5.02 Å². The molecule has 0 saturated heterocycles. The van der Waals surface area contributed by atoms with Crippen LogP contribution in [0.25, 0.3) is 0 Å². The molecule has 2 atom stereocenters. The summed E-state index contributed by atoms with van der Waals surface area (Å²) in [5, 5.41) is 3.31. The van der Waals surface area contributed by atoms with Crippen LogP contribution in [0.1, 0.15) is 32.3 Å². The van der Waals surface area contributed by atoms with Gasteiger partial charge in [0.05, 0.1) is 23.7 Å². The maximum Gasteiger partial charge on any atom is 0.308 e. The molecule has 0 aliphatic heterocycles. The topological polar surface area (TPSA) is 55.4 Å². The molecule has 5 heteroatoms. The molecule has 1 aromatic carbocycles. The Morgan fingerprint density at radius 1 is 1.38 bits per heavy atom. The molecule has 1 aromatic rings. The van der Waals surface area contributed by atoms with Crippen molar-refractivity contribution in [1.29, 1.82) is 0 Å². The summed E-state index contributed by atoms with van der Waals surface area (Å²) in [6, 6.07) is 5.46. The zero-order valence-corrected chi connectivity index (χ0v) is 13.7. The Bertz CT molecular complexity index is 516. The van der Waals surface area contributed by atoms with E-state index in [9.17, 15) is 9.59 Å². The Morgan fingerprint density at radius 3 is 2.57 bits per heavy atom. The van der Waals surface area contributed by atoms with Gasteiger partial charge in [-0.05, 0) is 37.5 Å². The summed E-state index contributed by atoms with van der Waals surface area (Å²) in [6.07, 6.45) is 1.11. The second kappa shape index (κ2) is 8.03. The number of halogens is 1. The molecule has 1 N–H and O–H groups in total. The molecule has 2 unspecified atom stereocenters. The third-order valence-corrected chi connectivity index (χ3v) is 3.81. The average molecular weight is 312 g/mol. The summed E-state index contributed by atoms with van der Waals surface area (Å²) in [6.45, 7) is 5.63. The number of carbonyl (C=O) groups excluding carboxylic acids is 2. The zero-order chi connectivity index (χ0) is 16.0. The largest absolute Gasteiger partial charge is 0.469 e. The number of hydrogen-bond donors (Lipinski definition) is 1. The second-order valence-corrected chi connectivity index (χ2v) is 5.64. The number of carbonyl (C=O) groups is 2. The molecular weight excluding hydrogens is 290 g/mol. The van der Waals surface area contributed by atoms with Crippen molar-refractivity contribution < 1.29 is 14.3 Å². The van der Waals surface area contributed by atoms with E-state index < -0.39 is 0 Å². The SMILES string of the molecule is CCC(CC(C)C(=O)Nc1ccc(C)cc1Cl)C(=O)OC. The summed E-state index contributed by atoms with van der Waals surface area (Å²) in [5.74, 6) is -0.982. The Kier molecular flexibility index (Phi) is 6.69. The molecule has 0 radical (unpaired) electrons. The molecule has 0 aliphatic rings. The van der Waals surface area contributed by atoms with E-state index in [1.165, 1.54) is 7.11 Å². The van der Waals surface area contributed by atoms with E-state index in [2.05, 4.69) is 5.32 Å². The smallest absolute Gasteiger partial charge is 0.308 e. The Morgan fingerprint density at radius 2 is 2.05 bits per heavy atom. The van der Waals surface area contributed by atoms with E-state index in [0.717, 1.165) is 5.56 Å². The van der Waals surface area contributed by atoms with Crippen molar-refractivity contribution in [3.8, 4) is 0 Å². The van der Waals surface area contributed by atoms with Crippen LogP contribution >= 0.6 is 11.6 Å². The summed E-state index contributed by atoms with van der Waals surface area (Å²) in [7, 11) is 1.36. The number of esters is 1. The monoisotopic (exact) mass is 311 g/mol. The molecule has 0 heterocycles. The van der Waals surface area contributed by atoms with Crippen LogP contribution in [0.4, 0.5) is 5.69 Å². The molecule has 0 bridgehead atoms. The van der Waals surface area contributed by atoms with Crippen LogP contribution in [0.5, 0.6) is 0 Å². The molecule has 0 saturated carbocycles. The third-order valence-electron chi connectivity index (χ3n) is 3.50. The zero-order valence-electron chi connectivity index (χ0n) is 12.9. The third kappa shape index (κ3) is 5.05. The van der Waals surface area contributed by atoms with Crippen molar-refractivity contribution in [2.45, 2.75) is 33.6 Å². The van der Waals surface area contributed by atoms with Gasteiger partial charge in [0.2, 0.25) is 5.91 Å². The molecule has 0 fully saturated rings. The number of anilines is 1. The van der Waals surface area contributed by atoms with Crippen LogP contribution in [-0.2, 0) is 14.3 Å². The van der Waals surface area contributed by atoms with Crippen molar-refractivity contribution >= 4 is 29.2 Å². The van der Waals surface area contributed by atoms with Gasteiger partial charge < -0.3 is 10.1 Å². The molecule has 0 spiro atoms. The number of aryl methyl sites for hydroxylation is 1. The second-order valence-electron chi connectivity index (χ2n) is 5.24. The minimum absolute atomic E-state index is 0.150. The molecule has 1 rings (SSSR count). The normalized spacial score (nSPS) is 13.4. The fourth-order valence-electron chi connectivity index (χ4n) is 2.11. The Hall–Kier alpha value is -1.55. The number of nitrogens with one attached hydrogen (secondary N) is 1. The van der Waals surface area contributed by atoms with Gasteiger partial charge in [0.25, 0.3) is 0 Å². The van der Waals surface area contributed by atoms with Crippen molar-refractivity contribution in [2.24, 2.45) is 11.8 Å². The molecule has 0 aliphatic carbocycles. The van der Waals surface area contributed by atoms with E-state index >= 15 is 0 Å². The van der Waals surface area contributed by atoms with E-state index in [0.29, 0.717) is 23.6 Å². The van der Waals surface area contributed by atoms with Crippen LogP contribution in [0.3, 0.4) is 0 Å². The summed E-state index contributed by atoms with van der Waals surface area (Å²) >= 11 is 6.10. The van der Waals surface area contributed by atoms with E-state index in [1.54, 1.807) is 19.1 Å². The number of hydrogen-bond acceptors (Lipinski definition) is 3. The molecule has 116 valence electrons. The lowest BCUT2D eigenvalue weighted by Crippen LogP contribution is -2.26. The van der Waals surface area contributed by atoms with Gasteiger partial charge in [-0.15, -0.1) is 0 Å². The molecule has 1 amide bonds. The number of amides is 1. The van der Waals surface area contributed by atoms with E-state index in [4.69, 9.17) is 16.3 Å². The van der Waals surface area contributed by atoms with Gasteiger partial charge >= 0.3 is 5.97 Å². The van der Waals surface area contributed by atoms with Crippen LogP contribution < -0.4 is 5.32 Å². The summed E-state index contributed by atoms with van der Waals surface area (Å²) in [4.78, 5) is 23.8. The van der Waals surface area contributed by atoms with Crippen molar-refractivity contribution in [3.05, 3.63) is 28.8 Å². The quantitative estimate of drug-likeness (QED) is 0.813. The Labute approximate surface area is 130 Å². The minimum Gasteiger partial charge on any atom is -0.469 e.